The lowest BCUT2D eigenvalue weighted by Crippen LogP contribution is -2.24. The van der Waals surface area contributed by atoms with E-state index >= 15 is 0 Å². The molecule has 3 aromatic rings. The number of nitrogens with zero attached hydrogens (tertiary/aromatic N) is 2. The van der Waals surface area contributed by atoms with Gasteiger partial charge in [-0.1, -0.05) is 18.2 Å². The van der Waals surface area contributed by atoms with Crippen LogP contribution in [0.3, 0.4) is 0 Å². The number of carbonyl (C=O) groups excluding carboxylic acids is 1. The minimum atomic E-state index is -0.281. The molecule has 0 radical (unpaired) electrons. The number of carbonyl (C=O) groups is 1. The van der Waals surface area contributed by atoms with Crippen LogP contribution in [0.5, 0.6) is 11.5 Å². The van der Waals surface area contributed by atoms with Gasteiger partial charge >= 0.3 is 0 Å². The zero-order valence-corrected chi connectivity index (χ0v) is 16.7. The van der Waals surface area contributed by atoms with Crippen LogP contribution in [0.2, 0.25) is 0 Å². The maximum absolute atomic E-state index is 12.6. The Labute approximate surface area is 170 Å². The molecular formula is C22H24N4O3. The van der Waals surface area contributed by atoms with E-state index in [1.54, 1.807) is 13.2 Å². The Hall–Kier alpha value is -3.61. The fourth-order valence-electron chi connectivity index (χ4n) is 2.79. The number of anilines is 2. The summed E-state index contributed by atoms with van der Waals surface area (Å²) in [6, 6.07) is 16.7. The summed E-state index contributed by atoms with van der Waals surface area (Å²) in [5.41, 5.74) is 2.68. The lowest BCUT2D eigenvalue weighted by atomic mass is 10.2. The van der Waals surface area contributed by atoms with Crippen molar-refractivity contribution < 1.29 is 14.3 Å². The molecule has 0 aliphatic rings. The lowest BCUT2D eigenvalue weighted by molar-refractivity contribution is 0.0945. The Morgan fingerprint density at radius 1 is 1.07 bits per heavy atom. The second kappa shape index (κ2) is 9.54. The molecule has 7 nitrogen and oxygen atoms in total. The van der Waals surface area contributed by atoms with E-state index in [1.807, 2.05) is 62.4 Å². The number of amides is 1. The van der Waals surface area contributed by atoms with Crippen molar-refractivity contribution in [2.45, 2.75) is 20.4 Å². The van der Waals surface area contributed by atoms with Gasteiger partial charge < -0.3 is 20.1 Å². The van der Waals surface area contributed by atoms with E-state index in [4.69, 9.17) is 9.47 Å². The highest BCUT2D eigenvalue weighted by Crippen LogP contribution is 2.19. The lowest BCUT2D eigenvalue weighted by Gasteiger charge is -2.11. The van der Waals surface area contributed by atoms with Gasteiger partial charge in [0.25, 0.3) is 5.91 Å². The van der Waals surface area contributed by atoms with Crippen LogP contribution in [0.15, 0.2) is 54.6 Å². The molecule has 0 saturated heterocycles. The summed E-state index contributed by atoms with van der Waals surface area (Å²) in [6.45, 7) is 4.71. The summed E-state index contributed by atoms with van der Waals surface area (Å²) >= 11 is 0. The smallest absolute Gasteiger partial charge is 0.270 e. The highest BCUT2D eigenvalue weighted by molar-refractivity contribution is 5.92. The summed E-state index contributed by atoms with van der Waals surface area (Å²) < 4.78 is 10.8. The Bertz CT molecular complexity index is 974. The third-order valence-electron chi connectivity index (χ3n) is 4.14. The molecule has 0 unspecified atom stereocenters. The zero-order valence-electron chi connectivity index (χ0n) is 16.7. The van der Waals surface area contributed by atoms with Crippen molar-refractivity contribution in [3.05, 3.63) is 71.5 Å². The molecule has 0 spiro atoms. The predicted molar refractivity (Wildman–Crippen MR) is 112 cm³/mol. The maximum atomic E-state index is 12.6. The second-order valence-corrected chi connectivity index (χ2v) is 6.30. The molecule has 29 heavy (non-hydrogen) atoms. The summed E-state index contributed by atoms with van der Waals surface area (Å²) in [5.74, 6) is 1.59. The van der Waals surface area contributed by atoms with Gasteiger partial charge in [0.15, 0.2) is 0 Å². The average molecular weight is 392 g/mol. The van der Waals surface area contributed by atoms with Crippen molar-refractivity contribution in [2.24, 2.45) is 0 Å². The summed E-state index contributed by atoms with van der Waals surface area (Å²) in [5, 5.41) is 6.00. The van der Waals surface area contributed by atoms with Crippen LogP contribution in [0, 0.1) is 6.92 Å². The van der Waals surface area contributed by atoms with Gasteiger partial charge in [0.2, 0.25) is 5.95 Å². The Morgan fingerprint density at radius 3 is 2.55 bits per heavy atom. The fourth-order valence-corrected chi connectivity index (χ4v) is 2.79. The summed E-state index contributed by atoms with van der Waals surface area (Å²) in [7, 11) is 1.60. The molecule has 0 saturated carbocycles. The molecule has 0 bridgehead atoms. The van der Waals surface area contributed by atoms with Crippen LogP contribution in [0.25, 0.3) is 0 Å². The zero-order chi connectivity index (χ0) is 20.6. The number of nitrogens with one attached hydrogen (secondary N) is 2. The van der Waals surface area contributed by atoms with Crippen LogP contribution in [0.4, 0.5) is 11.6 Å². The van der Waals surface area contributed by atoms with Gasteiger partial charge in [0, 0.05) is 23.5 Å². The third kappa shape index (κ3) is 5.44. The van der Waals surface area contributed by atoms with E-state index in [2.05, 4.69) is 20.6 Å². The number of methoxy groups -OCH3 is 1. The minimum Gasteiger partial charge on any atom is -0.496 e. The van der Waals surface area contributed by atoms with Crippen molar-refractivity contribution in [1.82, 2.24) is 15.3 Å². The quantitative estimate of drug-likeness (QED) is 0.605. The Balaban J connectivity index is 1.70. The second-order valence-electron chi connectivity index (χ2n) is 6.30. The van der Waals surface area contributed by atoms with E-state index in [0.717, 1.165) is 22.7 Å². The van der Waals surface area contributed by atoms with Crippen molar-refractivity contribution in [3.63, 3.8) is 0 Å². The number of benzene rings is 2. The summed E-state index contributed by atoms with van der Waals surface area (Å²) in [6.07, 6.45) is 0. The summed E-state index contributed by atoms with van der Waals surface area (Å²) in [4.78, 5) is 21.3. The maximum Gasteiger partial charge on any atom is 0.270 e. The molecule has 2 aromatic carbocycles. The van der Waals surface area contributed by atoms with Gasteiger partial charge in [-0.25, -0.2) is 9.97 Å². The van der Waals surface area contributed by atoms with E-state index in [-0.39, 0.29) is 5.91 Å². The monoisotopic (exact) mass is 392 g/mol. The van der Waals surface area contributed by atoms with Crippen LogP contribution in [-0.2, 0) is 6.54 Å². The van der Waals surface area contributed by atoms with Crippen LogP contribution in [0.1, 0.15) is 28.7 Å². The van der Waals surface area contributed by atoms with Crippen molar-refractivity contribution >= 4 is 17.5 Å². The Kier molecular flexibility index (Phi) is 6.63. The Morgan fingerprint density at radius 2 is 1.83 bits per heavy atom. The fraction of sp³-hybridized carbons (Fsp3) is 0.227. The minimum absolute atomic E-state index is 0.281. The molecule has 0 fully saturated rings. The third-order valence-corrected chi connectivity index (χ3v) is 4.14. The van der Waals surface area contributed by atoms with Crippen molar-refractivity contribution in [1.29, 1.82) is 0 Å². The highest BCUT2D eigenvalue weighted by atomic mass is 16.5. The first kappa shape index (κ1) is 20.1. The van der Waals surface area contributed by atoms with Gasteiger partial charge in [-0.15, -0.1) is 0 Å². The molecular weight excluding hydrogens is 368 g/mol. The first-order chi connectivity index (χ1) is 14.1. The number of aryl methyl sites for hydroxylation is 1. The van der Waals surface area contributed by atoms with Gasteiger partial charge in [-0.05, 0) is 50.2 Å². The van der Waals surface area contributed by atoms with Crippen LogP contribution in [-0.4, -0.2) is 29.6 Å². The van der Waals surface area contributed by atoms with E-state index < -0.39 is 0 Å². The molecule has 0 aliphatic carbocycles. The van der Waals surface area contributed by atoms with Crippen LogP contribution >= 0.6 is 0 Å². The van der Waals surface area contributed by atoms with Gasteiger partial charge in [0.1, 0.15) is 17.2 Å². The molecule has 0 aliphatic heterocycles. The first-order valence-electron chi connectivity index (χ1n) is 9.34. The predicted octanol–water partition coefficient (Wildman–Crippen LogP) is 3.87. The molecule has 1 aromatic heterocycles. The van der Waals surface area contributed by atoms with E-state index in [1.165, 1.54) is 0 Å². The molecule has 7 heteroatoms. The first-order valence-corrected chi connectivity index (χ1v) is 9.34. The van der Waals surface area contributed by atoms with Crippen molar-refractivity contribution in [2.75, 3.05) is 19.0 Å². The molecule has 1 heterocycles. The number of hydrogen-bond donors (Lipinski definition) is 2. The number of ether oxygens (including phenoxy) is 2. The van der Waals surface area contributed by atoms with E-state index in [9.17, 15) is 4.79 Å². The largest absolute Gasteiger partial charge is 0.496 e. The number of para-hydroxylation sites is 1. The standard InChI is InChI=1S/C22H24N4O3/c1-4-29-18-11-9-17(10-12-18)25-22-24-15(2)13-19(26-22)21(27)23-14-16-7-5-6-8-20(16)28-3/h5-13H,4,14H2,1-3H3,(H,23,27)(H,24,25,26). The highest BCUT2D eigenvalue weighted by Gasteiger charge is 2.12. The normalized spacial score (nSPS) is 10.3. The number of rotatable bonds is 8. The number of aromatic nitrogens is 2. The molecule has 150 valence electrons. The van der Waals surface area contributed by atoms with Gasteiger partial charge in [-0.2, -0.15) is 0 Å². The van der Waals surface area contributed by atoms with Gasteiger partial charge in [-0.3, -0.25) is 4.79 Å². The average Bonchev–Trinajstić information content (AvgIpc) is 2.73. The SMILES string of the molecule is CCOc1ccc(Nc2nc(C)cc(C(=O)NCc3ccccc3OC)n2)cc1. The molecule has 0 atom stereocenters. The number of hydrogen-bond acceptors (Lipinski definition) is 6. The van der Waals surface area contributed by atoms with Crippen LogP contribution < -0.4 is 20.1 Å². The molecule has 2 N–H and O–H groups in total. The molecule has 3 rings (SSSR count). The topological polar surface area (TPSA) is 85.4 Å². The van der Waals surface area contributed by atoms with E-state index in [0.29, 0.717) is 30.5 Å². The van der Waals surface area contributed by atoms with Crippen molar-refractivity contribution in [3.8, 4) is 11.5 Å². The van der Waals surface area contributed by atoms with Gasteiger partial charge in [0.05, 0.1) is 13.7 Å². The molecule has 1 amide bonds.